The molecule has 0 spiro atoms. The third-order valence-electron chi connectivity index (χ3n) is 4.41. The molecule has 0 aliphatic rings. The van der Waals surface area contributed by atoms with E-state index in [1.165, 1.54) is 6.92 Å². The maximum Gasteiger partial charge on any atom is 0.303 e. The van der Waals surface area contributed by atoms with E-state index in [1.807, 2.05) is 38.5 Å². The maximum absolute atomic E-state index is 14.1. The van der Waals surface area contributed by atoms with Gasteiger partial charge in [0.25, 0.3) is 0 Å². The number of anilines is 2. The molecule has 0 aromatic carbocycles. The zero-order chi connectivity index (χ0) is 22.2. The summed E-state index contributed by atoms with van der Waals surface area (Å²) in [6.07, 6.45) is 3.53. The quantitative estimate of drug-likeness (QED) is 0.593. The number of carbonyl (C=O) groups is 1. The first-order chi connectivity index (χ1) is 14.0. The van der Waals surface area contributed by atoms with E-state index in [4.69, 9.17) is 0 Å². The van der Waals surface area contributed by atoms with Gasteiger partial charge in [-0.15, -0.1) is 0 Å². The number of rotatable bonds is 6. The van der Waals surface area contributed by atoms with E-state index in [1.54, 1.807) is 18.3 Å². The lowest BCUT2D eigenvalue weighted by atomic mass is 10.1. The van der Waals surface area contributed by atoms with Crippen molar-refractivity contribution in [2.45, 2.75) is 59.5 Å². The Morgan fingerprint density at radius 3 is 2.40 bits per heavy atom. The lowest BCUT2D eigenvalue weighted by molar-refractivity contribution is -0.114. The highest BCUT2D eigenvalue weighted by atomic mass is 19.3. The second-order valence-corrected chi connectivity index (χ2v) is 7.96. The number of nitrogens with one attached hydrogen (secondary N) is 2. The fourth-order valence-corrected chi connectivity index (χ4v) is 3.18. The van der Waals surface area contributed by atoms with Crippen LogP contribution in [0.4, 0.5) is 20.4 Å². The lowest BCUT2D eigenvalue weighted by Gasteiger charge is -2.15. The van der Waals surface area contributed by atoms with E-state index in [9.17, 15) is 13.6 Å². The molecule has 3 rings (SSSR count). The number of carbonyl (C=O) groups excluding carboxylic acids is 1. The molecule has 0 unspecified atom stereocenters. The Hall–Kier alpha value is -3.10. The van der Waals surface area contributed by atoms with Gasteiger partial charge >= 0.3 is 5.92 Å². The Morgan fingerprint density at radius 2 is 1.83 bits per heavy atom. The van der Waals surface area contributed by atoms with Crippen LogP contribution in [-0.4, -0.2) is 31.5 Å². The Balaban J connectivity index is 2.27. The number of alkyl halides is 2. The van der Waals surface area contributed by atoms with E-state index < -0.39 is 11.7 Å². The number of hydrogen-bond acceptors (Lipinski definition) is 5. The summed E-state index contributed by atoms with van der Waals surface area (Å²) >= 11 is 0. The third-order valence-corrected chi connectivity index (χ3v) is 4.41. The van der Waals surface area contributed by atoms with Crippen LogP contribution in [0.2, 0.25) is 0 Å². The van der Waals surface area contributed by atoms with Crippen LogP contribution in [0, 0.1) is 0 Å². The summed E-state index contributed by atoms with van der Waals surface area (Å²) in [6, 6.07) is 3.51. The van der Waals surface area contributed by atoms with Gasteiger partial charge in [0, 0.05) is 49.1 Å². The number of halogens is 2. The van der Waals surface area contributed by atoms with Crippen molar-refractivity contribution in [2.75, 3.05) is 10.6 Å². The summed E-state index contributed by atoms with van der Waals surface area (Å²) in [4.78, 5) is 23.9. The largest absolute Gasteiger partial charge is 0.368 e. The standard InChI is InChI=1S/C21H26F2N6O/c1-11(2)25-19-8-16(27-20(28-19)21(6,22)23)15-10-29(12(3)4)17-9-24-18(7-14(15)17)26-13(5)30/h7-12H,1-6H3,(H,24,26,30)(H,25,27,28). The second-order valence-electron chi connectivity index (χ2n) is 7.96. The number of aromatic nitrogens is 4. The van der Waals surface area contributed by atoms with E-state index in [0.29, 0.717) is 22.9 Å². The van der Waals surface area contributed by atoms with Crippen LogP contribution < -0.4 is 10.6 Å². The summed E-state index contributed by atoms with van der Waals surface area (Å²) in [5, 5.41) is 6.50. The van der Waals surface area contributed by atoms with Gasteiger partial charge in [-0.2, -0.15) is 8.78 Å². The summed E-state index contributed by atoms with van der Waals surface area (Å²) in [5.74, 6) is -3.28. The van der Waals surface area contributed by atoms with E-state index >= 15 is 0 Å². The minimum Gasteiger partial charge on any atom is -0.368 e. The van der Waals surface area contributed by atoms with Crippen LogP contribution in [0.3, 0.4) is 0 Å². The first-order valence-electron chi connectivity index (χ1n) is 9.78. The molecule has 0 atom stereocenters. The molecule has 9 heteroatoms. The van der Waals surface area contributed by atoms with Crippen LogP contribution >= 0.6 is 0 Å². The molecule has 0 saturated heterocycles. The van der Waals surface area contributed by atoms with Crippen molar-refractivity contribution in [1.82, 2.24) is 19.5 Å². The van der Waals surface area contributed by atoms with Crippen molar-refractivity contribution < 1.29 is 13.6 Å². The van der Waals surface area contributed by atoms with Gasteiger partial charge in [-0.25, -0.2) is 15.0 Å². The topological polar surface area (TPSA) is 84.7 Å². The van der Waals surface area contributed by atoms with E-state index in [0.717, 1.165) is 17.8 Å². The second kappa shape index (κ2) is 7.97. The van der Waals surface area contributed by atoms with Gasteiger partial charge in [-0.1, -0.05) is 0 Å². The molecule has 0 aliphatic heterocycles. The Labute approximate surface area is 173 Å². The highest BCUT2D eigenvalue weighted by Crippen LogP contribution is 2.35. The van der Waals surface area contributed by atoms with E-state index in [2.05, 4.69) is 25.6 Å². The summed E-state index contributed by atoms with van der Waals surface area (Å²) in [5.41, 5.74) is 1.84. The summed E-state index contributed by atoms with van der Waals surface area (Å²) in [7, 11) is 0. The fraction of sp³-hybridized carbons (Fsp3) is 0.429. The number of pyridine rings is 1. The molecule has 0 fully saturated rings. The van der Waals surface area contributed by atoms with Crippen molar-refractivity contribution in [3.05, 3.63) is 30.4 Å². The summed E-state index contributed by atoms with van der Waals surface area (Å²) < 4.78 is 30.2. The molecule has 0 aliphatic carbocycles. The van der Waals surface area contributed by atoms with Gasteiger partial charge in [0.05, 0.1) is 17.4 Å². The predicted molar refractivity (Wildman–Crippen MR) is 114 cm³/mol. The lowest BCUT2D eigenvalue weighted by Crippen LogP contribution is -2.17. The first-order valence-corrected chi connectivity index (χ1v) is 9.78. The molecule has 0 bridgehead atoms. The Kier molecular flexibility index (Phi) is 5.74. The zero-order valence-corrected chi connectivity index (χ0v) is 17.9. The maximum atomic E-state index is 14.1. The average Bonchev–Trinajstić information content (AvgIpc) is 2.98. The van der Waals surface area contributed by atoms with Crippen LogP contribution in [-0.2, 0) is 10.7 Å². The number of amides is 1. The molecule has 1 amide bonds. The van der Waals surface area contributed by atoms with Crippen LogP contribution in [0.15, 0.2) is 24.5 Å². The van der Waals surface area contributed by atoms with Gasteiger partial charge in [0.2, 0.25) is 11.7 Å². The Morgan fingerprint density at radius 1 is 1.13 bits per heavy atom. The van der Waals surface area contributed by atoms with E-state index in [-0.39, 0.29) is 18.0 Å². The molecular formula is C21H26F2N6O. The first kappa shape index (κ1) is 21.6. The highest BCUT2D eigenvalue weighted by Gasteiger charge is 2.30. The molecule has 0 radical (unpaired) electrons. The van der Waals surface area contributed by atoms with Gasteiger partial charge in [0.1, 0.15) is 11.6 Å². The smallest absolute Gasteiger partial charge is 0.303 e. The van der Waals surface area contributed by atoms with Crippen molar-refractivity contribution in [3.8, 4) is 11.3 Å². The molecule has 3 heterocycles. The fourth-order valence-electron chi connectivity index (χ4n) is 3.18. The number of hydrogen-bond donors (Lipinski definition) is 2. The molecule has 3 aromatic heterocycles. The van der Waals surface area contributed by atoms with Gasteiger partial charge in [-0.05, 0) is 33.8 Å². The molecule has 0 saturated carbocycles. The molecule has 2 N–H and O–H groups in total. The van der Waals surface area contributed by atoms with Crippen molar-refractivity contribution in [1.29, 1.82) is 0 Å². The van der Waals surface area contributed by atoms with Crippen LogP contribution in [0.1, 0.15) is 53.4 Å². The minimum absolute atomic E-state index is 0.0126. The van der Waals surface area contributed by atoms with Gasteiger partial charge in [0.15, 0.2) is 0 Å². The van der Waals surface area contributed by atoms with Crippen molar-refractivity contribution in [2.24, 2.45) is 0 Å². The molecule has 7 nitrogen and oxygen atoms in total. The van der Waals surface area contributed by atoms with Crippen LogP contribution in [0.5, 0.6) is 0 Å². The molecule has 3 aromatic rings. The van der Waals surface area contributed by atoms with Crippen molar-refractivity contribution >= 4 is 28.4 Å². The average molecular weight is 416 g/mol. The minimum atomic E-state index is -3.19. The van der Waals surface area contributed by atoms with Crippen LogP contribution in [0.25, 0.3) is 22.2 Å². The highest BCUT2D eigenvalue weighted by molar-refractivity contribution is 5.98. The SMILES string of the molecule is CC(=O)Nc1cc2c(-c3cc(NC(C)C)nc(C(C)(F)F)n3)cn(C(C)C)c2cn1. The van der Waals surface area contributed by atoms with Crippen molar-refractivity contribution in [3.63, 3.8) is 0 Å². The number of fused-ring (bicyclic) bond motifs is 1. The molecule has 160 valence electrons. The molecular weight excluding hydrogens is 390 g/mol. The van der Waals surface area contributed by atoms with Gasteiger partial charge < -0.3 is 15.2 Å². The van der Waals surface area contributed by atoms with Gasteiger partial charge in [-0.3, -0.25) is 4.79 Å². The monoisotopic (exact) mass is 416 g/mol. The number of nitrogens with zero attached hydrogens (tertiary/aromatic N) is 4. The third kappa shape index (κ3) is 4.55. The summed E-state index contributed by atoms with van der Waals surface area (Å²) in [6.45, 7) is 10.0. The normalized spacial score (nSPS) is 12.1. The molecule has 30 heavy (non-hydrogen) atoms. The Bertz CT molecular complexity index is 1090. The zero-order valence-electron chi connectivity index (χ0n) is 17.9. The predicted octanol–water partition coefficient (Wildman–Crippen LogP) is 4.96.